The van der Waals surface area contributed by atoms with Gasteiger partial charge in [-0.25, -0.2) is 18.2 Å². The first-order valence-electron chi connectivity index (χ1n) is 10.7. The summed E-state index contributed by atoms with van der Waals surface area (Å²) in [5.74, 6) is -0.118. The second kappa shape index (κ2) is 9.20. The Morgan fingerprint density at radius 3 is 2.82 bits per heavy atom. The van der Waals surface area contributed by atoms with Crippen molar-refractivity contribution < 1.29 is 17.9 Å². The van der Waals surface area contributed by atoms with Gasteiger partial charge in [0.05, 0.1) is 23.5 Å². The number of aryl methyl sites for hydroxylation is 1. The number of nitrogens with one attached hydrogen (secondary N) is 2. The third-order valence-electron chi connectivity index (χ3n) is 5.78. The number of anilines is 1. The van der Waals surface area contributed by atoms with E-state index in [4.69, 9.17) is 15.9 Å². The Balaban J connectivity index is 2.01. The van der Waals surface area contributed by atoms with Crippen LogP contribution in [0.1, 0.15) is 35.5 Å². The van der Waals surface area contributed by atoms with E-state index in [1.807, 2.05) is 0 Å². The van der Waals surface area contributed by atoms with E-state index < -0.39 is 24.8 Å². The smallest absolute Gasteiger partial charge is 0.244 e. The van der Waals surface area contributed by atoms with Crippen molar-refractivity contribution in [2.24, 2.45) is 7.05 Å². The van der Waals surface area contributed by atoms with Gasteiger partial charge >= 0.3 is 0 Å². The summed E-state index contributed by atoms with van der Waals surface area (Å²) in [6.45, 7) is 1.72. The number of allylic oxidation sites excluding steroid dienone is 1. The number of rotatable bonds is 3. The van der Waals surface area contributed by atoms with Gasteiger partial charge in [-0.2, -0.15) is 5.10 Å². The molecule has 0 saturated carbocycles. The number of hydrogen-bond donors (Lipinski definition) is 3. The van der Waals surface area contributed by atoms with Crippen molar-refractivity contribution >= 4 is 11.5 Å². The summed E-state index contributed by atoms with van der Waals surface area (Å²) in [5, 5.41) is 16.2. The maximum absolute atomic E-state index is 14.2. The van der Waals surface area contributed by atoms with Crippen molar-refractivity contribution in [2.45, 2.75) is 32.3 Å². The van der Waals surface area contributed by atoms with Crippen LogP contribution in [-0.2, 0) is 19.9 Å². The van der Waals surface area contributed by atoms with Crippen LogP contribution in [0.3, 0.4) is 0 Å². The van der Waals surface area contributed by atoms with Crippen LogP contribution in [0.4, 0.5) is 19.0 Å². The Morgan fingerprint density at radius 2 is 2.12 bits per heavy atom. The van der Waals surface area contributed by atoms with Crippen molar-refractivity contribution in [2.75, 3.05) is 12.8 Å². The van der Waals surface area contributed by atoms with Gasteiger partial charge in [0.1, 0.15) is 11.9 Å². The molecule has 0 amide bonds. The van der Waals surface area contributed by atoms with Gasteiger partial charge in [0.15, 0.2) is 11.6 Å². The lowest BCUT2D eigenvalue weighted by atomic mass is 9.91. The molecule has 3 aromatic rings. The van der Waals surface area contributed by atoms with E-state index in [9.17, 15) is 13.2 Å². The zero-order valence-corrected chi connectivity index (χ0v) is 19.0. The summed E-state index contributed by atoms with van der Waals surface area (Å²) < 4.78 is 48.6. The van der Waals surface area contributed by atoms with Crippen LogP contribution in [0.15, 0.2) is 42.2 Å². The fourth-order valence-electron chi connectivity index (χ4n) is 4.22. The summed E-state index contributed by atoms with van der Waals surface area (Å²) in [6, 6.07) is 5.80. The number of ether oxygens (including phenoxy) is 1. The molecule has 4 N–H and O–H groups in total. The van der Waals surface area contributed by atoms with Crippen LogP contribution < -0.4 is 15.8 Å². The minimum Gasteiger partial charge on any atom is -0.482 e. The summed E-state index contributed by atoms with van der Waals surface area (Å²) in [6.07, 6.45) is -0.421. The van der Waals surface area contributed by atoms with E-state index >= 15 is 0 Å². The Labute approximate surface area is 195 Å². The highest BCUT2D eigenvalue weighted by Gasteiger charge is 2.26. The average Bonchev–Trinajstić information content (AvgIpc) is 3.07. The van der Waals surface area contributed by atoms with Crippen molar-refractivity contribution in [1.29, 1.82) is 5.41 Å². The molecule has 1 unspecified atom stereocenters. The quantitative estimate of drug-likeness (QED) is 0.533. The zero-order valence-electron chi connectivity index (χ0n) is 19.0. The fraction of sp³-hybridized carbons (Fsp3) is 0.292. The molecule has 10 heteroatoms. The maximum atomic E-state index is 14.2. The molecule has 1 aliphatic heterocycles. The Hall–Kier alpha value is -3.82. The van der Waals surface area contributed by atoms with Gasteiger partial charge in [0.2, 0.25) is 6.43 Å². The van der Waals surface area contributed by atoms with Gasteiger partial charge < -0.3 is 15.8 Å². The van der Waals surface area contributed by atoms with Gasteiger partial charge in [-0.05, 0) is 36.8 Å². The molecule has 2 aromatic heterocycles. The van der Waals surface area contributed by atoms with E-state index in [-0.39, 0.29) is 29.4 Å². The zero-order chi connectivity index (χ0) is 24.6. The van der Waals surface area contributed by atoms with Crippen LogP contribution in [0.5, 0.6) is 5.75 Å². The van der Waals surface area contributed by atoms with E-state index in [1.54, 1.807) is 38.0 Å². The number of nitrogen functional groups attached to an aromatic ring is 1. The number of nitrogens with two attached hydrogens (primary N) is 1. The van der Waals surface area contributed by atoms with Crippen molar-refractivity contribution in [3.05, 3.63) is 70.6 Å². The number of nitrogens with zero attached hydrogens (tertiary/aromatic N) is 3. The highest BCUT2D eigenvalue weighted by Crippen LogP contribution is 2.37. The van der Waals surface area contributed by atoms with Crippen LogP contribution in [0.25, 0.3) is 11.1 Å². The van der Waals surface area contributed by atoms with Crippen LogP contribution in [0.2, 0.25) is 0 Å². The number of halogens is 3. The number of aromatic nitrogens is 3. The minimum absolute atomic E-state index is 0.109. The third-order valence-corrected chi connectivity index (χ3v) is 5.78. The SMILES string of the molecule is CN/C=C1/Cc2c(c(CC(F)F)nn2C)-c2cnc(N)c(c2)OC(C)c2cc(F)ccc2C1=N. The largest absolute Gasteiger partial charge is 0.482 e. The normalized spacial score (nSPS) is 17.0. The van der Waals surface area contributed by atoms with Gasteiger partial charge in [0, 0.05) is 55.2 Å². The lowest BCUT2D eigenvalue weighted by Crippen LogP contribution is -2.17. The second-order valence-electron chi connectivity index (χ2n) is 8.10. The first-order chi connectivity index (χ1) is 16.2. The first-order valence-corrected chi connectivity index (χ1v) is 10.7. The maximum Gasteiger partial charge on any atom is 0.244 e. The molecule has 0 spiro atoms. The predicted molar refractivity (Wildman–Crippen MR) is 124 cm³/mol. The summed E-state index contributed by atoms with van der Waals surface area (Å²) >= 11 is 0. The van der Waals surface area contributed by atoms with Crippen molar-refractivity contribution in [3.8, 4) is 16.9 Å². The van der Waals surface area contributed by atoms with Crippen molar-refractivity contribution in [3.63, 3.8) is 0 Å². The highest BCUT2D eigenvalue weighted by molar-refractivity contribution is 6.11. The predicted octanol–water partition coefficient (Wildman–Crippen LogP) is 4.18. The Kier molecular flexibility index (Phi) is 6.32. The van der Waals surface area contributed by atoms with E-state index in [1.165, 1.54) is 24.4 Å². The molecule has 0 radical (unpaired) electrons. The molecule has 0 aliphatic carbocycles. The molecule has 3 heterocycles. The minimum atomic E-state index is -2.59. The molecule has 0 fully saturated rings. The van der Waals surface area contributed by atoms with E-state index in [0.29, 0.717) is 33.5 Å². The lowest BCUT2D eigenvalue weighted by Gasteiger charge is -2.22. The number of fused-ring (bicyclic) bond motifs is 5. The molecule has 4 rings (SSSR count). The lowest BCUT2D eigenvalue weighted by molar-refractivity contribution is 0.148. The van der Waals surface area contributed by atoms with Crippen LogP contribution >= 0.6 is 0 Å². The number of hydrogen-bond acceptors (Lipinski definition) is 6. The number of benzene rings is 1. The van der Waals surface area contributed by atoms with Gasteiger partial charge in [-0.15, -0.1) is 0 Å². The van der Waals surface area contributed by atoms with E-state index in [2.05, 4.69) is 15.4 Å². The van der Waals surface area contributed by atoms with Gasteiger partial charge in [-0.3, -0.25) is 10.1 Å². The summed E-state index contributed by atoms with van der Waals surface area (Å²) in [7, 11) is 3.38. The molecule has 1 aliphatic rings. The van der Waals surface area contributed by atoms with E-state index in [0.717, 1.165) is 0 Å². The fourth-order valence-corrected chi connectivity index (χ4v) is 4.22. The molecule has 2 bridgehead atoms. The average molecular weight is 470 g/mol. The molecular formula is C24H25F3N6O. The summed E-state index contributed by atoms with van der Waals surface area (Å²) in [4.78, 5) is 4.22. The molecular weight excluding hydrogens is 445 g/mol. The monoisotopic (exact) mass is 470 g/mol. The molecule has 34 heavy (non-hydrogen) atoms. The molecule has 1 aromatic carbocycles. The number of alkyl halides is 2. The van der Waals surface area contributed by atoms with Crippen molar-refractivity contribution in [1.82, 2.24) is 20.1 Å². The first kappa shape index (κ1) is 23.3. The van der Waals surface area contributed by atoms with Crippen LogP contribution in [-0.4, -0.2) is 33.9 Å². The topological polar surface area (TPSA) is 102 Å². The molecule has 7 nitrogen and oxygen atoms in total. The van der Waals surface area contributed by atoms with Gasteiger partial charge in [0.25, 0.3) is 0 Å². The standard InChI is InChI=1S/C24H25F3N6O/c1-12-17-8-15(25)4-5-16(17)23(28)14(10-30-2)6-19-22(18(9-21(26)27)32-33(19)3)13-7-20(34-12)24(29)31-11-13/h4-5,7-8,10-12,21,28,30H,6,9H2,1-3H3,(H2,29,31)/b14-10-,28-23?. The summed E-state index contributed by atoms with van der Waals surface area (Å²) in [5.41, 5.74) is 9.58. The highest BCUT2D eigenvalue weighted by atomic mass is 19.3. The Bertz CT molecular complexity index is 1280. The third kappa shape index (κ3) is 4.35. The number of pyridine rings is 1. The molecule has 0 saturated heterocycles. The second-order valence-corrected chi connectivity index (χ2v) is 8.10. The Morgan fingerprint density at radius 1 is 1.35 bits per heavy atom. The molecule has 1 atom stereocenters. The molecule has 178 valence electrons. The van der Waals surface area contributed by atoms with Crippen LogP contribution in [0, 0.1) is 11.2 Å². The van der Waals surface area contributed by atoms with Gasteiger partial charge in [-0.1, -0.05) is 0 Å².